The van der Waals surface area contributed by atoms with Crippen molar-refractivity contribution in [2.24, 2.45) is 0 Å². The maximum absolute atomic E-state index is 3.93. The normalized spacial score (nSPS) is 9.11. The van der Waals surface area contributed by atoms with Crippen molar-refractivity contribution >= 4 is 28.4 Å². The number of hydrogen-bond acceptors (Lipinski definition) is 3. The van der Waals surface area contributed by atoms with E-state index in [4.69, 9.17) is 0 Å². The maximum atomic E-state index is 3.93. The Hall–Kier alpha value is -0.390. The Morgan fingerprint density at radius 1 is 1.56 bits per heavy atom. The molecular weight excluding hydrogens is 229 g/mol. The predicted octanol–water partition coefficient (Wildman–Crippen LogP) is 1.12. The molecule has 1 aromatic rings. The van der Waals surface area contributed by atoms with Gasteiger partial charge in [-0.05, 0) is 22.6 Å². The first kappa shape index (κ1) is 6.73. The highest BCUT2D eigenvalue weighted by atomic mass is 127. The molecule has 0 saturated heterocycles. The van der Waals surface area contributed by atoms with Gasteiger partial charge in [-0.3, -0.25) is 0 Å². The summed E-state index contributed by atoms with van der Waals surface area (Å²) in [5, 5.41) is 2.91. The van der Waals surface area contributed by atoms with Crippen LogP contribution in [0.1, 0.15) is 0 Å². The molecule has 0 radical (unpaired) electrons. The van der Waals surface area contributed by atoms with Gasteiger partial charge in [0.05, 0.1) is 0 Å². The first-order valence-corrected chi connectivity index (χ1v) is 3.56. The summed E-state index contributed by atoms with van der Waals surface area (Å²) in [6, 6.07) is 1.88. The van der Waals surface area contributed by atoms with Crippen molar-refractivity contribution in [2.45, 2.75) is 0 Å². The van der Waals surface area contributed by atoms with E-state index in [1.54, 1.807) is 0 Å². The maximum Gasteiger partial charge on any atom is 0.130 e. The largest absolute Gasteiger partial charge is 0.373 e. The van der Waals surface area contributed by atoms with E-state index >= 15 is 0 Å². The highest BCUT2D eigenvalue weighted by molar-refractivity contribution is 14.1. The molecule has 1 heterocycles. The third-order valence-corrected chi connectivity index (χ3v) is 1.48. The number of aromatic nitrogens is 2. The second-order valence-electron chi connectivity index (χ2n) is 1.48. The van der Waals surface area contributed by atoms with Crippen LogP contribution >= 0.6 is 22.6 Å². The summed E-state index contributed by atoms with van der Waals surface area (Å²) < 4.78 is 0.951. The van der Waals surface area contributed by atoms with Crippen LogP contribution in [-0.4, -0.2) is 17.0 Å². The summed E-state index contributed by atoms with van der Waals surface area (Å²) in [4.78, 5) is 7.85. The number of anilines is 1. The fraction of sp³-hybridized carbons (Fsp3) is 0.200. The molecule has 0 amide bonds. The number of nitrogens with one attached hydrogen (secondary N) is 1. The molecule has 48 valence electrons. The molecule has 0 aliphatic heterocycles. The molecule has 0 saturated carbocycles. The second kappa shape index (κ2) is 2.95. The SMILES string of the molecule is CNc1cc(I)ncn1. The fourth-order valence-electron chi connectivity index (χ4n) is 0.470. The molecule has 1 N–H and O–H groups in total. The van der Waals surface area contributed by atoms with E-state index < -0.39 is 0 Å². The molecule has 0 aliphatic rings. The minimum atomic E-state index is 0.856. The average Bonchev–Trinajstić information content (AvgIpc) is 1.88. The van der Waals surface area contributed by atoms with E-state index in [0.717, 1.165) is 9.52 Å². The van der Waals surface area contributed by atoms with Crippen LogP contribution in [0.25, 0.3) is 0 Å². The van der Waals surface area contributed by atoms with Gasteiger partial charge < -0.3 is 5.32 Å². The van der Waals surface area contributed by atoms with Crippen molar-refractivity contribution in [1.82, 2.24) is 9.97 Å². The molecule has 0 aromatic carbocycles. The van der Waals surface area contributed by atoms with Gasteiger partial charge in [-0.15, -0.1) is 0 Å². The van der Waals surface area contributed by atoms with Crippen LogP contribution in [-0.2, 0) is 0 Å². The lowest BCUT2D eigenvalue weighted by molar-refractivity contribution is 1.13. The Morgan fingerprint density at radius 2 is 2.33 bits per heavy atom. The van der Waals surface area contributed by atoms with Crippen molar-refractivity contribution in [3.05, 3.63) is 16.1 Å². The van der Waals surface area contributed by atoms with Gasteiger partial charge in [-0.1, -0.05) is 0 Å². The summed E-state index contributed by atoms with van der Waals surface area (Å²) >= 11 is 2.14. The van der Waals surface area contributed by atoms with Gasteiger partial charge in [0, 0.05) is 13.1 Å². The molecule has 1 rings (SSSR count). The van der Waals surface area contributed by atoms with Gasteiger partial charge in [0.2, 0.25) is 0 Å². The third-order valence-electron chi connectivity index (χ3n) is 0.890. The number of halogens is 1. The Morgan fingerprint density at radius 3 is 2.78 bits per heavy atom. The van der Waals surface area contributed by atoms with Crippen LogP contribution < -0.4 is 5.32 Å². The number of hydrogen-bond donors (Lipinski definition) is 1. The van der Waals surface area contributed by atoms with Crippen LogP contribution in [0.2, 0.25) is 0 Å². The lowest BCUT2D eigenvalue weighted by Crippen LogP contribution is -1.92. The summed E-state index contributed by atoms with van der Waals surface area (Å²) in [5.74, 6) is 0.856. The van der Waals surface area contributed by atoms with E-state index in [2.05, 4.69) is 37.9 Å². The Kier molecular flexibility index (Phi) is 2.21. The van der Waals surface area contributed by atoms with E-state index in [1.165, 1.54) is 6.33 Å². The van der Waals surface area contributed by atoms with Gasteiger partial charge in [-0.2, -0.15) is 0 Å². The van der Waals surface area contributed by atoms with Crippen LogP contribution in [0.4, 0.5) is 5.82 Å². The molecule has 4 heteroatoms. The molecule has 3 nitrogen and oxygen atoms in total. The monoisotopic (exact) mass is 235 g/mol. The van der Waals surface area contributed by atoms with Gasteiger partial charge in [0.15, 0.2) is 0 Å². The summed E-state index contributed by atoms with van der Waals surface area (Å²) in [6.45, 7) is 0. The molecule has 0 fully saturated rings. The fourth-order valence-corrected chi connectivity index (χ4v) is 0.890. The summed E-state index contributed by atoms with van der Waals surface area (Å²) in [5.41, 5.74) is 0. The molecule has 0 aliphatic carbocycles. The smallest absolute Gasteiger partial charge is 0.130 e. The lowest BCUT2D eigenvalue weighted by atomic mass is 10.6. The number of rotatable bonds is 1. The topological polar surface area (TPSA) is 37.8 Å². The van der Waals surface area contributed by atoms with Crippen molar-refractivity contribution in [3.63, 3.8) is 0 Å². The van der Waals surface area contributed by atoms with E-state index in [-0.39, 0.29) is 0 Å². The zero-order valence-corrected chi connectivity index (χ0v) is 7.08. The minimum Gasteiger partial charge on any atom is -0.373 e. The zero-order valence-electron chi connectivity index (χ0n) is 4.93. The first-order chi connectivity index (χ1) is 4.33. The Balaban J connectivity index is 2.94. The first-order valence-electron chi connectivity index (χ1n) is 2.48. The Bertz CT molecular complexity index is 201. The average molecular weight is 235 g/mol. The quantitative estimate of drug-likeness (QED) is 0.585. The van der Waals surface area contributed by atoms with E-state index in [9.17, 15) is 0 Å². The second-order valence-corrected chi connectivity index (χ2v) is 2.58. The lowest BCUT2D eigenvalue weighted by Gasteiger charge is -1.95. The minimum absolute atomic E-state index is 0.856. The predicted molar refractivity (Wildman–Crippen MR) is 44.3 cm³/mol. The van der Waals surface area contributed by atoms with Crippen LogP contribution in [0, 0.1) is 3.70 Å². The third kappa shape index (κ3) is 1.78. The van der Waals surface area contributed by atoms with Crippen molar-refractivity contribution in [1.29, 1.82) is 0 Å². The molecule has 0 atom stereocenters. The Labute approximate surface area is 67.0 Å². The van der Waals surface area contributed by atoms with Crippen LogP contribution in [0.3, 0.4) is 0 Å². The summed E-state index contributed by atoms with van der Waals surface area (Å²) in [6.07, 6.45) is 1.54. The van der Waals surface area contributed by atoms with Gasteiger partial charge >= 0.3 is 0 Å². The van der Waals surface area contributed by atoms with E-state index in [1.807, 2.05) is 13.1 Å². The van der Waals surface area contributed by atoms with E-state index in [0.29, 0.717) is 0 Å². The van der Waals surface area contributed by atoms with Gasteiger partial charge in [0.1, 0.15) is 15.8 Å². The molecule has 0 bridgehead atoms. The van der Waals surface area contributed by atoms with Crippen molar-refractivity contribution in [3.8, 4) is 0 Å². The standard InChI is InChI=1S/C5H6IN3/c1-7-5-2-4(6)8-3-9-5/h2-3H,1H3,(H,7,8,9). The zero-order chi connectivity index (χ0) is 6.69. The van der Waals surface area contributed by atoms with Gasteiger partial charge in [0.25, 0.3) is 0 Å². The molecule has 0 spiro atoms. The van der Waals surface area contributed by atoms with Crippen LogP contribution in [0.15, 0.2) is 12.4 Å². The summed E-state index contributed by atoms with van der Waals surface area (Å²) in [7, 11) is 1.83. The molecular formula is C5H6IN3. The number of nitrogens with zero attached hydrogens (tertiary/aromatic N) is 2. The molecule has 0 unspecified atom stereocenters. The molecule has 9 heavy (non-hydrogen) atoms. The highest BCUT2D eigenvalue weighted by Crippen LogP contribution is 2.03. The van der Waals surface area contributed by atoms with Crippen molar-refractivity contribution < 1.29 is 0 Å². The highest BCUT2D eigenvalue weighted by Gasteiger charge is 1.89. The van der Waals surface area contributed by atoms with Crippen molar-refractivity contribution in [2.75, 3.05) is 12.4 Å². The molecule has 1 aromatic heterocycles. The van der Waals surface area contributed by atoms with Crippen LogP contribution in [0.5, 0.6) is 0 Å². The van der Waals surface area contributed by atoms with Gasteiger partial charge in [-0.25, -0.2) is 9.97 Å².